The second-order valence-electron chi connectivity index (χ2n) is 9.03. The molecule has 35 heavy (non-hydrogen) atoms. The van der Waals surface area contributed by atoms with E-state index in [1.54, 1.807) is 18.5 Å². The van der Waals surface area contributed by atoms with E-state index in [0.29, 0.717) is 54.2 Å². The molecule has 1 aliphatic rings. The average Bonchev–Trinajstić information content (AvgIpc) is 3.26. The summed E-state index contributed by atoms with van der Waals surface area (Å²) < 4.78 is 44.1. The number of aryl methyl sites for hydroxylation is 1. The molecule has 1 aliphatic heterocycles. The Morgan fingerprint density at radius 3 is 2.40 bits per heavy atom. The third-order valence-corrected chi connectivity index (χ3v) is 6.23. The summed E-state index contributed by atoms with van der Waals surface area (Å²) in [5.41, 5.74) is 5.32. The number of nitrogens with one attached hydrogen (secondary N) is 2. The number of piperazine rings is 1. The number of benzene rings is 2. The maximum absolute atomic E-state index is 14.9. The molecular weight excluding hydrogens is 451 g/mol. The van der Waals surface area contributed by atoms with Crippen molar-refractivity contribution in [2.45, 2.75) is 20.8 Å². The van der Waals surface area contributed by atoms with Crippen LogP contribution in [0.15, 0.2) is 47.7 Å². The number of halogens is 3. The lowest BCUT2D eigenvalue weighted by molar-refractivity contribution is 0.500. The Morgan fingerprint density at radius 2 is 1.69 bits per heavy atom. The van der Waals surface area contributed by atoms with Gasteiger partial charge in [-0.2, -0.15) is 0 Å². The Morgan fingerprint density at radius 1 is 0.943 bits per heavy atom. The summed E-state index contributed by atoms with van der Waals surface area (Å²) in [6.45, 7) is 8.10. The molecule has 1 saturated heterocycles. The van der Waals surface area contributed by atoms with Crippen molar-refractivity contribution in [2.75, 3.05) is 31.1 Å². The van der Waals surface area contributed by atoms with Gasteiger partial charge in [-0.3, -0.25) is 4.99 Å². The van der Waals surface area contributed by atoms with E-state index in [0.717, 1.165) is 22.2 Å². The highest BCUT2D eigenvalue weighted by atomic mass is 19.2. The number of anilines is 1. The highest BCUT2D eigenvalue weighted by Crippen LogP contribution is 2.36. The van der Waals surface area contributed by atoms with Crippen LogP contribution in [0.5, 0.6) is 0 Å². The second kappa shape index (κ2) is 9.19. The summed E-state index contributed by atoms with van der Waals surface area (Å²) in [6, 6.07) is 8.09. The van der Waals surface area contributed by atoms with Gasteiger partial charge in [0.1, 0.15) is 17.2 Å². The van der Waals surface area contributed by atoms with Crippen LogP contribution in [-0.4, -0.2) is 41.9 Å². The fourth-order valence-corrected chi connectivity index (χ4v) is 4.53. The van der Waals surface area contributed by atoms with Gasteiger partial charge in [-0.25, -0.2) is 18.2 Å². The lowest BCUT2D eigenvalue weighted by Gasteiger charge is -2.30. The number of aromatic amines is 1. The summed E-state index contributed by atoms with van der Waals surface area (Å²) in [6.07, 6.45) is 3.41. The molecule has 0 radical (unpaired) electrons. The van der Waals surface area contributed by atoms with Crippen LogP contribution < -0.4 is 10.2 Å². The van der Waals surface area contributed by atoms with Crippen LogP contribution in [0, 0.1) is 24.4 Å². The van der Waals surface area contributed by atoms with E-state index in [4.69, 9.17) is 0 Å². The number of hydrogen-bond donors (Lipinski definition) is 2. The van der Waals surface area contributed by atoms with Crippen molar-refractivity contribution in [1.82, 2.24) is 15.3 Å². The first-order valence-corrected chi connectivity index (χ1v) is 11.6. The Bertz CT molecular complexity index is 1420. The highest BCUT2D eigenvalue weighted by Gasteiger charge is 2.20. The Labute approximate surface area is 201 Å². The number of pyridine rings is 1. The van der Waals surface area contributed by atoms with Gasteiger partial charge >= 0.3 is 0 Å². The molecule has 5 rings (SSSR count). The number of hydrogen-bond acceptors (Lipinski definition) is 4. The molecule has 1 fully saturated rings. The summed E-state index contributed by atoms with van der Waals surface area (Å²) >= 11 is 0. The molecule has 3 heterocycles. The lowest BCUT2D eigenvalue weighted by Crippen LogP contribution is -2.44. The van der Waals surface area contributed by atoms with E-state index in [2.05, 4.69) is 20.3 Å². The number of aliphatic imine (C=N–C) groups is 1. The van der Waals surface area contributed by atoms with Crippen molar-refractivity contribution in [1.29, 1.82) is 0 Å². The minimum absolute atomic E-state index is 0.246. The molecule has 0 atom stereocenters. The van der Waals surface area contributed by atoms with Gasteiger partial charge in [0.2, 0.25) is 0 Å². The number of nitrogens with zero attached hydrogens (tertiary/aromatic N) is 3. The van der Waals surface area contributed by atoms with Gasteiger partial charge in [0.05, 0.1) is 5.69 Å². The van der Waals surface area contributed by atoms with Crippen LogP contribution in [0.2, 0.25) is 0 Å². The first-order chi connectivity index (χ1) is 16.8. The molecule has 0 saturated carbocycles. The van der Waals surface area contributed by atoms with Gasteiger partial charge in [-0.15, -0.1) is 0 Å². The quantitative estimate of drug-likeness (QED) is 0.347. The molecule has 180 valence electrons. The first-order valence-electron chi connectivity index (χ1n) is 11.6. The normalized spacial score (nSPS) is 13.9. The highest BCUT2D eigenvalue weighted by molar-refractivity contribution is 5.96. The van der Waals surface area contributed by atoms with Crippen LogP contribution in [0.3, 0.4) is 0 Å². The van der Waals surface area contributed by atoms with Crippen LogP contribution in [0.1, 0.15) is 19.4 Å². The van der Waals surface area contributed by atoms with Gasteiger partial charge < -0.3 is 15.2 Å². The standard InChI is InChI=1S/C27H26F3N5/c1-15(2)34-26-16(3)8-18(11-23(26)29)21-14-33-27-20(21)9-19(13-32-27)17-10-22(28)25(30)24(12-17)35-6-4-31-5-7-35/h8-14,31H,4-7H2,1-3H3,(H,32,33). The van der Waals surface area contributed by atoms with Gasteiger partial charge in [-0.1, -0.05) is 0 Å². The smallest absolute Gasteiger partial charge is 0.182 e. The van der Waals surface area contributed by atoms with Crippen molar-refractivity contribution < 1.29 is 13.2 Å². The van der Waals surface area contributed by atoms with Crippen molar-refractivity contribution in [2.24, 2.45) is 4.99 Å². The van der Waals surface area contributed by atoms with Crippen LogP contribution in [0.4, 0.5) is 24.5 Å². The fourth-order valence-electron chi connectivity index (χ4n) is 4.53. The predicted octanol–water partition coefficient (Wildman–Crippen LogP) is 6.14. The molecule has 8 heteroatoms. The molecule has 0 bridgehead atoms. The van der Waals surface area contributed by atoms with Gasteiger partial charge in [0, 0.05) is 60.8 Å². The zero-order valence-corrected chi connectivity index (χ0v) is 19.8. The topological polar surface area (TPSA) is 56.3 Å². The second-order valence-corrected chi connectivity index (χ2v) is 9.03. The third kappa shape index (κ3) is 4.41. The molecule has 0 amide bonds. The van der Waals surface area contributed by atoms with Gasteiger partial charge in [-0.05, 0) is 67.8 Å². The van der Waals surface area contributed by atoms with E-state index in [1.807, 2.05) is 37.8 Å². The third-order valence-electron chi connectivity index (χ3n) is 6.23. The van der Waals surface area contributed by atoms with Crippen molar-refractivity contribution >= 4 is 28.1 Å². The summed E-state index contributed by atoms with van der Waals surface area (Å²) in [5, 5.41) is 3.98. The van der Waals surface area contributed by atoms with E-state index in [-0.39, 0.29) is 5.69 Å². The Hall–Kier alpha value is -3.65. The summed E-state index contributed by atoms with van der Waals surface area (Å²) in [4.78, 5) is 13.8. The zero-order chi connectivity index (χ0) is 24.7. The van der Waals surface area contributed by atoms with Crippen LogP contribution >= 0.6 is 0 Å². The van der Waals surface area contributed by atoms with E-state index in [1.165, 1.54) is 12.1 Å². The van der Waals surface area contributed by atoms with Crippen LogP contribution in [-0.2, 0) is 0 Å². The molecular formula is C27H26F3N5. The Kier molecular flexibility index (Phi) is 6.06. The van der Waals surface area contributed by atoms with E-state index >= 15 is 0 Å². The van der Waals surface area contributed by atoms with Gasteiger partial charge in [0.15, 0.2) is 11.6 Å². The number of fused-ring (bicyclic) bond motifs is 1. The number of H-pyrrole nitrogens is 1. The maximum Gasteiger partial charge on any atom is 0.182 e. The number of aromatic nitrogens is 2. The van der Waals surface area contributed by atoms with Crippen molar-refractivity contribution in [3.05, 3.63) is 65.7 Å². The zero-order valence-electron chi connectivity index (χ0n) is 19.8. The van der Waals surface area contributed by atoms with Crippen LogP contribution in [0.25, 0.3) is 33.3 Å². The largest absolute Gasteiger partial charge is 0.367 e. The SMILES string of the molecule is CC(C)=Nc1c(C)cc(-c2c[nH]c3ncc(-c4cc(F)c(F)c(N5CCNCC5)c4)cc23)cc1F. The summed E-state index contributed by atoms with van der Waals surface area (Å²) in [7, 11) is 0. The summed E-state index contributed by atoms with van der Waals surface area (Å²) in [5.74, 6) is -2.14. The van der Waals surface area contributed by atoms with Crippen molar-refractivity contribution in [3.63, 3.8) is 0 Å². The molecule has 0 spiro atoms. The minimum atomic E-state index is -0.898. The van der Waals surface area contributed by atoms with Gasteiger partial charge in [0.25, 0.3) is 0 Å². The average molecular weight is 478 g/mol. The molecule has 0 aliphatic carbocycles. The molecule has 0 unspecified atom stereocenters. The minimum Gasteiger partial charge on any atom is -0.367 e. The van der Waals surface area contributed by atoms with E-state index in [9.17, 15) is 13.2 Å². The molecule has 2 N–H and O–H groups in total. The molecule has 2 aromatic carbocycles. The number of rotatable bonds is 4. The first kappa shape index (κ1) is 23.1. The molecule has 2 aromatic heterocycles. The maximum atomic E-state index is 14.9. The molecule has 5 nitrogen and oxygen atoms in total. The fraction of sp³-hybridized carbons (Fsp3) is 0.259. The van der Waals surface area contributed by atoms with E-state index < -0.39 is 17.5 Å². The molecule has 4 aromatic rings. The monoisotopic (exact) mass is 477 g/mol. The van der Waals surface area contributed by atoms with Crippen molar-refractivity contribution in [3.8, 4) is 22.3 Å². The predicted molar refractivity (Wildman–Crippen MR) is 135 cm³/mol. The lowest BCUT2D eigenvalue weighted by atomic mass is 9.99. The Balaban J connectivity index is 1.59.